The first-order valence-corrected chi connectivity index (χ1v) is 7.24. The van der Waals surface area contributed by atoms with Crippen LogP contribution in [-0.2, 0) is 0 Å². The van der Waals surface area contributed by atoms with Gasteiger partial charge in [0.05, 0.1) is 18.6 Å². The van der Waals surface area contributed by atoms with Gasteiger partial charge in [-0.1, -0.05) is 19.3 Å². The first-order valence-electron chi connectivity index (χ1n) is 7.24. The molecule has 21 heavy (non-hydrogen) atoms. The number of pyridine rings is 1. The number of aromatic nitrogens is 1. The molecule has 0 aliphatic heterocycles. The van der Waals surface area contributed by atoms with Crippen LogP contribution in [0.1, 0.15) is 32.1 Å². The maximum atomic E-state index is 11.2. The molecule has 7 heteroatoms. The Morgan fingerprint density at radius 3 is 2.71 bits per heavy atom. The molecular formula is C14H21N3O4. The summed E-state index contributed by atoms with van der Waals surface area (Å²) in [5, 5.41) is 20.6. The molecule has 1 aliphatic rings. The second kappa shape index (κ2) is 7.21. The molecule has 1 saturated carbocycles. The lowest BCUT2D eigenvalue weighted by atomic mass is 9.94. The molecule has 0 radical (unpaired) electrons. The van der Waals surface area contributed by atoms with Gasteiger partial charge in [-0.2, -0.15) is 4.98 Å². The fourth-order valence-electron chi connectivity index (χ4n) is 2.85. The van der Waals surface area contributed by atoms with Gasteiger partial charge in [-0.05, 0) is 12.8 Å². The molecule has 0 amide bonds. The van der Waals surface area contributed by atoms with E-state index in [2.05, 4.69) is 4.98 Å². The Kier molecular flexibility index (Phi) is 5.32. The molecule has 1 fully saturated rings. The fourth-order valence-corrected chi connectivity index (χ4v) is 2.85. The van der Waals surface area contributed by atoms with Gasteiger partial charge in [0.15, 0.2) is 0 Å². The highest BCUT2D eigenvalue weighted by atomic mass is 16.6. The van der Waals surface area contributed by atoms with Crippen LogP contribution in [0.3, 0.4) is 0 Å². The molecule has 116 valence electrons. The Balaban J connectivity index is 2.39. The van der Waals surface area contributed by atoms with E-state index in [4.69, 9.17) is 4.74 Å². The summed E-state index contributed by atoms with van der Waals surface area (Å²) in [4.78, 5) is 16.9. The van der Waals surface area contributed by atoms with E-state index < -0.39 is 4.92 Å². The first-order chi connectivity index (χ1) is 10.2. The average molecular weight is 295 g/mol. The first kappa shape index (κ1) is 15.5. The number of rotatable bonds is 6. The van der Waals surface area contributed by atoms with Crippen LogP contribution in [0.2, 0.25) is 0 Å². The van der Waals surface area contributed by atoms with Crippen molar-refractivity contribution >= 4 is 11.5 Å². The summed E-state index contributed by atoms with van der Waals surface area (Å²) in [5.41, 5.74) is -0.0465. The zero-order chi connectivity index (χ0) is 15.2. The van der Waals surface area contributed by atoms with Crippen LogP contribution in [0.25, 0.3) is 0 Å². The van der Waals surface area contributed by atoms with E-state index in [0.29, 0.717) is 18.2 Å². The number of hydrogen-bond donors (Lipinski definition) is 1. The number of ether oxygens (including phenoxy) is 1. The van der Waals surface area contributed by atoms with E-state index >= 15 is 0 Å². The van der Waals surface area contributed by atoms with Crippen LogP contribution in [0.4, 0.5) is 11.5 Å². The molecule has 1 N–H and O–H groups in total. The number of methoxy groups -OCH3 is 1. The topological polar surface area (TPSA) is 88.7 Å². The molecule has 0 unspecified atom stereocenters. The molecule has 1 aromatic heterocycles. The zero-order valence-corrected chi connectivity index (χ0v) is 12.2. The van der Waals surface area contributed by atoms with Gasteiger partial charge in [-0.25, -0.2) is 0 Å². The third kappa shape index (κ3) is 3.60. The molecule has 7 nitrogen and oxygen atoms in total. The van der Waals surface area contributed by atoms with E-state index in [0.717, 1.165) is 25.7 Å². The number of aliphatic hydroxyl groups is 1. The molecule has 2 rings (SSSR count). The predicted octanol–water partition coefficient (Wildman–Crippen LogP) is 2.13. The average Bonchev–Trinajstić information content (AvgIpc) is 2.52. The minimum Gasteiger partial charge on any atom is -0.481 e. The van der Waals surface area contributed by atoms with Crippen molar-refractivity contribution in [1.82, 2.24) is 4.98 Å². The minimum atomic E-state index is -0.436. The fraction of sp³-hybridized carbons (Fsp3) is 0.643. The van der Waals surface area contributed by atoms with Crippen molar-refractivity contribution in [3.05, 3.63) is 22.2 Å². The molecule has 0 atom stereocenters. The Hall–Kier alpha value is -1.89. The Labute approximate surface area is 123 Å². The summed E-state index contributed by atoms with van der Waals surface area (Å²) in [7, 11) is 1.48. The van der Waals surface area contributed by atoms with Crippen molar-refractivity contribution in [2.24, 2.45) is 0 Å². The van der Waals surface area contributed by atoms with E-state index in [1.807, 2.05) is 4.90 Å². The Bertz CT molecular complexity index is 489. The second-order valence-corrected chi connectivity index (χ2v) is 5.16. The molecule has 1 heterocycles. The zero-order valence-electron chi connectivity index (χ0n) is 12.2. The summed E-state index contributed by atoms with van der Waals surface area (Å²) in [6, 6.07) is 3.08. The Morgan fingerprint density at radius 1 is 1.43 bits per heavy atom. The maximum absolute atomic E-state index is 11.2. The summed E-state index contributed by atoms with van der Waals surface area (Å²) < 4.78 is 5.08. The number of nitrogens with zero attached hydrogens (tertiary/aromatic N) is 3. The second-order valence-electron chi connectivity index (χ2n) is 5.16. The summed E-state index contributed by atoms with van der Waals surface area (Å²) in [6.07, 6.45) is 5.33. The van der Waals surface area contributed by atoms with Crippen LogP contribution in [0, 0.1) is 10.1 Å². The monoisotopic (exact) mass is 295 g/mol. The van der Waals surface area contributed by atoms with Crippen molar-refractivity contribution in [1.29, 1.82) is 0 Å². The maximum Gasteiger partial charge on any atom is 0.311 e. The van der Waals surface area contributed by atoms with E-state index in [1.165, 1.54) is 25.7 Å². The minimum absolute atomic E-state index is 0.0465. The molecule has 0 aromatic carbocycles. The van der Waals surface area contributed by atoms with E-state index in [1.54, 1.807) is 0 Å². The van der Waals surface area contributed by atoms with Crippen molar-refractivity contribution in [2.45, 2.75) is 38.1 Å². The van der Waals surface area contributed by atoms with Crippen molar-refractivity contribution in [3.63, 3.8) is 0 Å². The largest absolute Gasteiger partial charge is 0.481 e. The normalized spacial score (nSPS) is 15.7. The predicted molar refractivity (Wildman–Crippen MR) is 78.7 cm³/mol. The third-order valence-electron chi connectivity index (χ3n) is 3.86. The highest BCUT2D eigenvalue weighted by Gasteiger charge is 2.28. The molecule has 0 spiro atoms. The molecular weight excluding hydrogens is 274 g/mol. The quantitative estimate of drug-likeness (QED) is 0.639. The molecule has 0 bridgehead atoms. The number of anilines is 1. The lowest BCUT2D eigenvalue weighted by Crippen LogP contribution is -2.39. The van der Waals surface area contributed by atoms with Crippen LogP contribution in [0.5, 0.6) is 5.88 Å². The number of hydrogen-bond acceptors (Lipinski definition) is 6. The number of aliphatic hydroxyl groups excluding tert-OH is 1. The van der Waals surface area contributed by atoms with Gasteiger partial charge < -0.3 is 14.7 Å². The summed E-state index contributed by atoms with van der Waals surface area (Å²) >= 11 is 0. The van der Waals surface area contributed by atoms with Crippen molar-refractivity contribution in [3.8, 4) is 5.88 Å². The molecule has 1 aliphatic carbocycles. The smallest absolute Gasteiger partial charge is 0.311 e. The summed E-state index contributed by atoms with van der Waals surface area (Å²) in [6.45, 7) is 0.276. The highest BCUT2D eigenvalue weighted by molar-refractivity contribution is 5.59. The van der Waals surface area contributed by atoms with E-state index in [-0.39, 0.29) is 18.3 Å². The Morgan fingerprint density at radius 2 is 2.14 bits per heavy atom. The summed E-state index contributed by atoms with van der Waals surface area (Å²) in [5.74, 6) is 0.634. The van der Waals surface area contributed by atoms with Gasteiger partial charge in [0, 0.05) is 24.7 Å². The van der Waals surface area contributed by atoms with Gasteiger partial charge in [-0.15, -0.1) is 0 Å². The highest BCUT2D eigenvalue weighted by Crippen LogP contribution is 2.33. The van der Waals surface area contributed by atoms with Crippen molar-refractivity contribution in [2.75, 3.05) is 25.2 Å². The standard InChI is InChI=1S/C14H21N3O4/c1-21-13-8-7-12(17(19)20)14(15-13)16(9-10-18)11-5-3-2-4-6-11/h7-8,11,18H,2-6,9-10H2,1H3. The third-order valence-corrected chi connectivity index (χ3v) is 3.86. The van der Waals surface area contributed by atoms with Gasteiger partial charge in [0.25, 0.3) is 0 Å². The van der Waals surface area contributed by atoms with Gasteiger partial charge in [-0.3, -0.25) is 10.1 Å². The van der Waals surface area contributed by atoms with Gasteiger partial charge >= 0.3 is 5.69 Å². The van der Waals surface area contributed by atoms with Crippen LogP contribution in [0.15, 0.2) is 12.1 Å². The molecule has 1 aromatic rings. The van der Waals surface area contributed by atoms with Crippen LogP contribution in [-0.4, -0.2) is 41.3 Å². The molecule has 0 saturated heterocycles. The SMILES string of the molecule is COc1ccc([N+](=O)[O-])c(N(CCO)C2CCCCC2)n1. The van der Waals surface area contributed by atoms with Gasteiger partial charge in [0.2, 0.25) is 11.7 Å². The van der Waals surface area contributed by atoms with E-state index in [9.17, 15) is 15.2 Å². The lowest BCUT2D eigenvalue weighted by Gasteiger charge is -2.34. The van der Waals surface area contributed by atoms with Crippen LogP contribution < -0.4 is 9.64 Å². The number of nitro groups is 1. The lowest BCUT2D eigenvalue weighted by molar-refractivity contribution is -0.384. The van der Waals surface area contributed by atoms with Crippen molar-refractivity contribution < 1.29 is 14.8 Å². The van der Waals surface area contributed by atoms with Crippen LogP contribution >= 0.6 is 0 Å². The van der Waals surface area contributed by atoms with Gasteiger partial charge in [0.1, 0.15) is 0 Å².